The van der Waals surface area contributed by atoms with Crippen molar-refractivity contribution in [1.82, 2.24) is 14.8 Å². The number of piperazine rings is 1. The maximum absolute atomic E-state index is 13.0. The van der Waals surface area contributed by atoms with Crippen molar-refractivity contribution in [3.05, 3.63) is 41.2 Å². The molecule has 0 aliphatic carbocycles. The van der Waals surface area contributed by atoms with Gasteiger partial charge in [0.2, 0.25) is 5.91 Å². The van der Waals surface area contributed by atoms with Crippen LogP contribution in [-0.2, 0) is 11.3 Å². The van der Waals surface area contributed by atoms with Crippen LogP contribution < -0.4 is 0 Å². The number of carbonyl (C=O) groups excluding carboxylic acids is 1. The lowest BCUT2D eigenvalue weighted by molar-refractivity contribution is -0.141. The Balaban J connectivity index is 1.56. The summed E-state index contributed by atoms with van der Waals surface area (Å²) in [5.74, 6) is -0.0115. The Hall–Kier alpha value is -1.79. The summed E-state index contributed by atoms with van der Waals surface area (Å²) in [5, 5.41) is 2.97. The molecule has 4 nitrogen and oxygen atoms in total. The molecule has 1 aromatic carbocycles. The van der Waals surface area contributed by atoms with Gasteiger partial charge in [0.15, 0.2) is 0 Å². The van der Waals surface area contributed by atoms with Gasteiger partial charge in [0.1, 0.15) is 10.8 Å². The Morgan fingerprint density at radius 2 is 1.80 bits per heavy atom. The van der Waals surface area contributed by atoms with Gasteiger partial charge in [0.05, 0.1) is 5.69 Å². The summed E-state index contributed by atoms with van der Waals surface area (Å²) in [7, 11) is 0. The lowest BCUT2D eigenvalue weighted by Gasteiger charge is -2.37. The van der Waals surface area contributed by atoms with E-state index in [1.165, 1.54) is 12.1 Å². The van der Waals surface area contributed by atoms with Gasteiger partial charge in [-0.2, -0.15) is 0 Å². The summed E-state index contributed by atoms with van der Waals surface area (Å²) in [6.45, 7) is 9.96. The molecule has 2 aromatic rings. The zero-order valence-electron chi connectivity index (χ0n) is 15.0. The molecule has 2 heterocycles. The average molecular weight is 361 g/mol. The van der Waals surface area contributed by atoms with Crippen molar-refractivity contribution in [2.75, 3.05) is 26.2 Å². The third-order valence-corrected chi connectivity index (χ3v) is 5.27. The zero-order valence-corrected chi connectivity index (χ0v) is 15.8. The number of aromatic nitrogens is 1. The molecule has 1 amide bonds. The topological polar surface area (TPSA) is 36.4 Å². The number of benzene rings is 1. The van der Waals surface area contributed by atoms with Crippen LogP contribution in [0, 0.1) is 11.2 Å². The van der Waals surface area contributed by atoms with Gasteiger partial charge in [-0.15, -0.1) is 11.3 Å². The van der Waals surface area contributed by atoms with Crippen molar-refractivity contribution in [3.8, 4) is 10.6 Å². The summed E-state index contributed by atoms with van der Waals surface area (Å²) >= 11 is 1.58. The van der Waals surface area contributed by atoms with Gasteiger partial charge in [-0.05, 0) is 24.3 Å². The van der Waals surface area contributed by atoms with Crippen LogP contribution in [0.1, 0.15) is 26.5 Å². The van der Waals surface area contributed by atoms with E-state index in [1.54, 1.807) is 23.5 Å². The minimum Gasteiger partial charge on any atom is -0.340 e. The van der Waals surface area contributed by atoms with Crippen LogP contribution in [0.5, 0.6) is 0 Å². The summed E-state index contributed by atoms with van der Waals surface area (Å²) < 4.78 is 13.0. The Morgan fingerprint density at radius 1 is 1.16 bits per heavy atom. The second-order valence-corrected chi connectivity index (χ2v) is 8.33. The van der Waals surface area contributed by atoms with Crippen molar-refractivity contribution in [2.24, 2.45) is 5.41 Å². The van der Waals surface area contributed by atoms with Crippen LogP contribution in [0.15, 0.2) is 29.6 Å². The van der Waals surface area contributed by atoms with E-state index >= 15 is 0 Å². The van der Waals surface area contributed by atoms with E-state index in [4.69, 9.17) is 0 Å². The fourth-order valence-corrected chi connectivity index (χ4v) is 3.73. The van der Waals surface area contributed by atoms with Gasteiger partial charge in [0.25, 0.3) is 0 Å². The Kier molecular flexibility index (Phi) is 5.20. The summed E-state index contributed by atoms with van der Waals surface area (Å²) in [6, 6.07) is 6.44. The maximum Gasteiger partial charge on any atom is 0.228 e. The smallest absolute Gasteiger partial charge is 0.228 e. The highest BCUT2D eigenvalue weighted by Gasteiger charge is 2.29. The number of nitrogens with zero attached hydrogens (tertiary/aromatic N) is 3. The molecule has 0 bridgehead atoms. The van der Waals surface area contributed by atoms with Crippen LogP contribution >= 0.6 is 11.3 Å². The van der Waals surface area contributed by atoms with Crippen LogP contribution in [0.25, 0.3) is 10.6 Å². The average Bonchev–Trinajstić information content (AvgIpc) is 3.03. The molecule has 3 rings (SSSR count). The van der Waals surface area contributed by atoms with Crippen molar-refractivity contribution >= 4 is 17.2 Å². The van der Waals surface area contributed by atoms with Gasteiger partial charge >= 0.3 is 0 Å². The van der Waals surface area contributed by atoms with Crippen LogP contribution in [0.3, 0.4) is 0 Å². The second kappa shape index (κ2) is 7.22. The molecule has 1 saturated heterocycles. The van der Waals surface area contributed by atoms with Crippen molar-refractivity contribution in [1.29, 1.82) is 0 Å². The second-order valence-electron chi connectivity index (χ2n) is 7.47. The van der Waals surface area contributed by atoms with Gasteiger partial charge in [-0.1, -0.05) is 20.8 Å². The molecule has 134 valence electrons. The highest BCUT2D eigenvalue weighted by atomic mass is 32.1. The number of carbonyl (C=O) groups is 1. The largest absolute Gasteiger partial charge is 0.340 e. The molecule has 0 N–H and O–H groups in total. The molecule has 1 aromatic heterocycles. The quantitative estimate of drug-likeness (QED) is 0.837. The number of hydrogen-bond donors (Lipinski definition) is 0. The zero-order chi connectivity index (χ0) is 18.0. The lowest BCUT2D eigenvalue weighted by atomic mass is 9.94. The predicted molar refractivity (Wildman–Crippen MR) is 98.8 cm³/mol. The SMILES string of the molecule is CC(C)(C)C(=O)N1CCN(Cc2csc(-c3ccc(F)cc3)n2)CC1. The minimum atomic E-state index is -0.318. The number of halogens is 1. The van der Waals surface area contributed by atoms with Gasteiger partial charge in [-0.3, -0.25) is 9.69 Å². The molecule has 25 heavy (non-hydrogen) atoms. The fraction of sp³-hybridized carbons (Fsp3) is 0.474. The van der Waals surface area contributed by atoms with Crippen molar-refractivity contribution in [2.45, 2.75) is 27.3 Å². The maximum atomic E-state index is 13.0. The van der Waals surface area contributed by atoms with E-state index < -0.39 is 0 Å². The predicted octanol–water partition coefficient (Wildman–Crippen LogP) is 3.64. The number of thiazole rings is 1. The van der Waals surface area contributed by atoms with Crippen LogP contribution in [-0.4, -0.2) is 46.9 Å². The van der Waals surface area contributed by atoms with E-state index in [2.05, 4.69) is 15.3 Å². The first kappa shape index (κ1) is 18.0. The Labute approximate surface area is 152 Å². The number of amides is 1. The number of rotatable bonds is 3. The molecule has 1 fully saturated rings. The summed E-state index contributed by atoms with van der Waals surface area (Å²) in [6.07, 6.45) is 0. The molecule has 1 aliphatic rings. The van der Waals surface area contributed by atoms with Crippen LogP contribution in [0.4, 0.5) is 4.39 Å². The van der Waals surface area contributed by atoms with Crippen molar-refractivity contribution in [3.63, 3.8) is 0 Å². The molecule has 0 unspecified atom stereocenters. The van der Waals surface area contributed by atoms with E-state index in [0.717, 1.165) is 49.0 Å². The minimum absolute atomic E-state index is 0.222. The first-order chi connectivity index (χ1) is 11.8. The standard InChI is InChI=1S/C19H24FN3OS/c1-19(2,3)18(24)23-10-8-22(9-11-23)12-16-13-25-17(21-16)14-4-6-15(20)7-5-14/h4-7,13H,8-12H2,1-3H3. The van der Waals surface area contributed by atoms with Gasteiger partial charge in [-0.25, -0.2) is 9.37 Å². The molecule has 0 spiro atoms. The van der Waals surface area contributed by atoms with E-state index in [0.29, 0.717) is 0 Å². The first-order valence-electron chi connectivity index (χ1n) is 8.55. The lowest BCUT2D eigenvalue weighted by Crippen LogP contribution is -2.51. The molecular formula is C19H24FN3OS. The third kappa shape index (κ3) is 4.44. The third-order valence-electron chi connectivity index (χ3n) is 4.33. The molecule has 0 radical (unpaired) electrons. The number of hydrogen-bond acceptors (Lipinski definition) is 4. The van der Waals surface area contributed by atoms with Crippen LogP contribution in [0.2, 0.25) is 0 Å². The van der Waals surface area contributed by atoms with Gasteiger partial charge < -0.3 is 4.90 Å². The highest BCUT2D eigenvalue weighted by molar-refractivity contribution is 7.13. The Morgan fingerprint density at radius 3 is 2.40 bits per heavy atom. The van der Waals surface area contributed by atoms with Gasteiger partial charge in [0, 0.05) is 49.1 Å². The Bertz CT molecular complexity index is 728. The fourth-order valence-electron chi connectivity index (χ4n) is 2.92. The normalized spacial score (nSPS) is 16.2. The first-order valence-corrected chi connectivity index (χ1v) is 9.43. The van der Waals surface area contributed by atoms with E-state index in [1.807, 2.05) is 25.7 Å². The molecular weight excluding hydrogens is 337 g/mol. The molecule has 0 saturated carbocycles. The highest BCUT2D eigenvalue weighted by Crippen LogP contribution is 2.25. The molecule has 6 heteroatoms. The van der Waals surface area contributed by atoms with Crippen molar-refractivity contribution < 1.29 is 9.18 Å². The summed E-state index contributed by atoms with van der Waals surface area (Å²) in [5.41, 5.74) is 1.65. The monoisotopic (exact) mass is 361 g/mol. The van der Waals surface area contributed by atoms with E-state index in [9.17, 15) is 9.18 Å². The molecule has 1 aliphatic heterocycles. The summed E-state index contributed by atoms with van der Waals surface area (Å²) in [4.78, 5) is 21.3. The molecule has 0 atom stereocenters. The van der Waals surface area contributed by atoms with E-state index in [-0.39, 0.29) is 17.1 Å².